The van der Waals surface area contributed by atoms with Crippen LogP contribution in [0.4, 0.5) is 0 Å². The van der Waals surface area contributed by atoms with Crippen molar-refractivity contribution in [1.82, 2.24) is 0 Å². The molecule has 0 bridgehead atoms. The van der Waals surface area contributed by atoms with E-state index in [4.69, 9.17) is 0 Å². The molecule has 0 amide bonds. The van der Waals surface area contributed by atoms with Crippen LogP contribution in [-0.2, 0) is 10.8 Å². The van der Waals surface area contributed by atoms with Crippen molar-refractivity contribution in [3.05, 3.63) is 58.7 Å². The van der Waals surface area contributed by atoms with Crippen LogP contribution in [-0.4, -0.2) is 0 Å². The molecule has 1 aromatic rings. The largest absolute Gasteiger partial charge is 0.197 e. The second kappa shape index (κ2) is 10.9. The minimum atomic E-state index is -0.824. The van der Waals surface area contributed by atoms with Gasteiger partial charge in [-0.1, -0.05) is 85.8 Å². The van der Waals surface area contributed by atoms with E-state index in [-0.39, 0.29) is 0 Å². The quantitative estimate of drug-likeness (QED) is 0.393. The molecule has 182 valence electrons. The number of nitriles is 6. The van der Waals surface area contributed by atoms with Gasteiger partial charge in [0.2, 0.25) is 0 Å². The summed E-state index contributed by atoms with van der Waals surface area (Å²) >= 11 is 0. The van der Waals surface area contributed by atoms with Crippen molar-refractivity contribution in [1.29, 1.82) is 31.6 Å². The molecule has 0 heterocycles. The fourth-order valence-corrected chi connectivity index (χ4v) is 3.79. The topological polar surface area (TPSA) is 143 Å². The summed E-state index contributed by atoms with van der Waals surface area (Å²) in [6.07, 6.45) is 7.47. The van der Waals surface area contributed by atoms with Gasteiger partial charge in [0, 0.05) is 21.7 Å². The Labute approximate surface area is 215 Å². The molecule has 0 atom stereocenters. The van der Waals surface area contributed by atoms with Gasteiger partial charge in [-0.05, 0) is 17.2 Å². The van der Waals surface area contributed by atoms with E-state index in [0.29, 0.717) is 22.3 Å². The van der Waals surface area contributed by atoms with E-state index in [2.05, 4.69) is 12.1 Å². The molecule has 0 unspecified atom stereocenters. The molecular weight excluding hydrogens is 444 g/mol. The van der Waals surface area contributed by atoms with Gasteiger partial charge in [-0.2, -0.15) is 31.6 Å². The predicted octanol–water partition coefficient (Wildman–Crippen LogP) is 6.48. The highest BCUT2D eigenvalue weighted by Crippen LogP contribution is 2.38. The van der Waals surface area contributed by atoms with Crippen LogP contribution in [0.2, 0.25) is 0 Å². The Morgan fingerprint density at radius 1 is 0.528 bits per heavy atom. The molecule has 6 nitrogen and oxygen atoms in total. The lowest BCUT2D eigenvalue weighted by Crippen LogP contribution is -2.24. The van der Waals surface area contributed by atoms with Gasteiger partial charge in [0.25, 0.3) is 0 Å². The summed E-state index contributed by atoms with van der Waals surface area (Å²) in [6, 6.07) is 16.0. The number of hydrogen-bond acceptors (Lipinski definition) is 6. The Kier molecular flexibility index (Phi) is 9.00. The van der Waals surface area contributed by atoms with E-state index < -0.39 is 33.5 Å². The third-order valence-electron chi connectivity index (χ3n) is 6.65. The van der Waals surface area contributed by atoms with Gasteiger partial charge in [-0.15, -0.1) is 0 Å². The Bertz CT molecular complexity index is 1190. The number of allylic oxidation sites excluding steroid dienone is 4. The smallest absolute Gasteiger partial charge is 0.141 e. The van der Waals surface area contributed by atoms with E-state index in [1.54, 1.807) is 6.07 Å². The van der Waals surface area contributed by atoms with Gasteiger partial charge in [0.15, 0.2) is 0 Å². The van der Waals surface area contributed by atoms with E-state index >= 15 is 0 Å². The van der Waals surface area contributed by atoms with E-state index in [1.165, 1.54) is 0 Å². The number of nitrogens with zero attached hydrogens (tertiary/aromatic N) is 6. The Morgan fingerprint density at radius 3 is 1.08 bits per heavy atom. The first-order valence-corrected chi connectivity index (χ1v) is 11.5. The van der Waals surface area contributed by atoms with E-state index in [9.17, 15) is 31.6 Å². The summed E-state index contributed by atoms with van der Waals surface area (Å²) in [5.74, 6) is -1.65. The van der Waals surface area contributed by atoms with Crippen LogP contribution in [0.25, 0.3) is 0 Å². The molecule has 6 heteroatoms. The maximum atomic E-state index is 9.87. The molecule has 0 fully saturated rings. The zero-order valence-electron chi connectivity index (χ0n) is 22.3. The van der Waals surface area contributed by atoms with Gasteiger partial charge in [0.05, 0.1) is 47.5 Å². The van der Waals surface area contributed by atoms with Crippen LogP contribution >= 0.6 is 0 Å². The molecule has 0 aromatic heterocycles. The third kappa shape index (κ3) is 6.40. The summed E-state index contributed by atoms with van der Waals surface area (Å²) in [4.78, 5) is 0. The lowest BCUT2D eigenvalue weighted by molar-refractivity contribution is 0.412. The predicted molar refractivity (Wildman–Crippen MR) is 137 cm³/mol. The summed E-state index contributed by atoms with van der Waals surface area (Å²) in [6.45, 7) is 15.0. The lowest BCUT2D eigenvalue weighted by atomic mass is 9.72. The Balaban J connectivity index is 3.72. The zero-order chi connectivity index (χ0) is 27.9. The van der Waals surface area contributed by atoms with Crippen molar-refractivity contribution in [2.24, 2.45) is 22.7 Å². The monoisotopic (exact) mass is 476 g/mol. The Hall–Kier alpha value is -4.36. The number of benzene rings is 1. The highest BCUT2D eigenvalue weighted by Gasteiger charge is 2.32. The van der Waals surface area contributed by atoms with E-state index in [1.807, 2.05) is 110 Å². The fourth-order valence-electron chi connectivity index (χ4n) is 3.79. The molecule has 0 saturated heterocycles. The van der Waals surface area contributed by atoms with Crippen molar-refractivity contribution >= 4 is 0 Å². The standard InChI is InChI=1S/C30H32N6/c1-27(2,23(17-33)18-34)9-11-29(5,6)25-14-26(22(16-32)13-21(25)15-31)30(7,8)12-10-28(3,4)24(19-35)20-36/h9-14,23-24H,1-8H3/b11-9+,12-10+. The maximum absolute atomic E-state index is 9.87. The molecule has 0 aliphatic rings. The first kappa shape index (κ1) is 29.7. The minimum absolute atomic E-state index is 0.369. The molecule has 0 aliphatic carbocycles. The SMILES string of the molecule is CC(C)(/C=C/C(C)(C)C(C#N)C#N)c1cc(C(C)(C)/C=C/C(C)(C)C(C#N)C#N)c(C#N)cc1C#N. The molecule has 0 N–H and O–H groups in total. The second-order valence-corrected chi connectivity index (χ2v) is 11.3. The zero-order valence-corrected chi connectivity index (χ0v) is 22.3. The highest BCUT2D eigenvalue weighted by molar-refractivity contribution is 5.56. The van der Waals surface area contributed by atoms with Gasteiger partial charge in [-0.25, -0.2) is 0 Å². The summed E-state index contributed by atoms with van der Waals surface area (Å²) < 4.78 is 0. The highest BCUT2D eigenvalue weighted by atomic mass is 14.4. The van der Waals surface area contributed by atoms with Gasteiger partial charge >= 0.3 is 0 Å². The summed E-state index contributed by atoms with van der Waals surface area (Å²) in [7, 11) is 0. The van der Waals surface area contributed by atoms with Crippen molar-refractivity contribution in [2.75, 3.05) is 0 Å². The number of hydrogen-bond donors (Lipinski definition) is 0. The van der Waals surface area contributed by atoms with Gasteiger partial charge in [0.1, 0.15) is 11.8 Å². The van der Waals surface area contributed by atoms with Crippen LogP contribution in [0.3, 0.4) is 0 Å². The molecule has 1 rings (SSSR count). The van der Waals surface area contributed by atoms with Crippen molar-refractivity contribution in [3.8, 4) is 36.4 Å². The van der Waals surface area contributed by atoms with Crippen molar-refractivity contribution in [3.63, 3.8) is 0 Å². The van der Waals surface area contributed by atoms with Crippen LogP contribution in [0, 0.1) is 90.7 Å². The minimum Gasteiger partial charge on any atom is -0.197 e. The molecule has 0 spiro atoms. The van der Waals surface area contributed by atoms with E-state index in [0.717, 1.165) is 0 Å². The lowest BCUT2D eigenvalue weighted by Gasteiger charge is -2.30. The first-order valence-electron chi connectivity index (χ1n) is 11.5. The van der Waals surface area contributed by atoms with Crippen molar-refractivity contribution in [2.45, 2.75) is 66.2 Å². The third-order valence-corrected chi connectivity index (χ3v) is 6.65. The molecular formula is C30H32N6. The summed E-state index contributed by atoms with van der Waals surface area (Å²) in [5, 5.41) is 57.0. The van der Waals surface area contributed by atoms with Crippen LogP contribution in [0.5, 0.6) is 0 Å². The average molecular weight is 477 g/mol. The summed E-state index contributed by atoms with van der Waals surface area (Å²) in [5.41, 5.74) is -0.529. The van der Waals surface area contributed by atoms with Gasteiger partial charge < -0.3 is 0 Å². The fraction of sp³-hybridized carbons (Fsp3) is 0.467. The molecule has 0 saturated carbocycles. The van der Waals surface area contributed by atoms with Gasteiger partial charge in [-0.3, -0.25) is 0 Å². The normalized spacial score (nSPS) is 12.6. The molecule has 1 aromatic carbocycles. The van der Waals surface area contributed by atoms with Crippen molar-refractivity contribution < 1.29 is 0 Å². The maximum Gasteiger partial charge on any atom is 0.141 e. The van der Waals surface area contributed by atoms with Crippen LogP contribution in [0.1, 0.15) is 77.6 Å². The van der Waals surface area contributed by atoms with Crippen LogP contribution in [0.15, 0.2) is 36.4 Å². The Morgan fingerprint density at radius 2 is 0.833 bits per heavy atom. The number of rotatable bonds is 8. The molecule has 0 aliphatic heterocycles. The molecule has 0 radical (unpaired) electrons. The second-order valence-electron chi connectivity index (χ2n) is 11.3. The molecule has 36 heavy (non-hydrogen) atoms. The van der Waals surface area contributed by atoms with Crippen LogP contribution < -0.4 is 0 Å². The first-order chi connectivity index (χ1) is 16.6. The average Bonchev–Trinajstić information content (AvgIpc) is 2.82.